The van der Waals surface area contributed by atoms with E-state index >= 15 is 0 Å². The highest BCUT2D eigenvalue weighted by atomic mass is 16.2. The normalized spacial score (nSPS) is 22.6. The zero-order valence-corrected chi connectivity index (χ0v) is 9.98. The topological polar surface area (TPSA) is 61.4 Å². The van der Waals surface area contributed by atoms with Gasteiger partial charge in [-0.3, -0.25) is 14.6 Å². The third-order valence-corrected chi connectivity index (χ3v) is 3.43. The second kappa shape index (κ2) is 4.42. The summed E-state index contributed by atoms with van der Waals surface area (Å²) in [4.78, 5) is 24.0. The van der Waals surface area contributed by atoms with Crippen LogP contribution in [0.25, 0.3) is 0 Å². The van der Waals surface area contributed by atoms with E-state index in [4.69, 9.17) is 0 Å². The molecule has 94 valence electrons. The van der Waals surface area contributed by atoms with Crippen molar-refractivity contribution in [1.29, 1.82) is 0 Å². The molecule has 5 heteroatoms. The smallest absolute Gasteiger partial charge is 0.244 e. The molecule has 2 aliphatic rings. The van der Waals surface area contributed by atoms with Crippen LogP contribution in [0.2, 0.25) is 0 Å². The molecule has 1 unspecified atom stereocenters. The number of para-hydroxylation sites is 1. The van der Waals surface area contributed by atoms with Gasteiger partial charge in [0.2, 0.25) is 11.8 Å². The minimum Gasteiger partial charge on any atom is -0.326 e. The van der Waals surface area contributed by atoms with E-state index in [9.17, 15) is 9.59 Å². The van der Waals surface area contributed by atoms with Crippen molar-refractivity contribution in [3.8, 4) is 0 Å². The number of hydrazine groups is 1. The number of nitrogens with zero attached hydrogens (tertiary/aromatic N) is 1. The van der Waals surface area contributed by atoms with E-state index in [0.29, 0.717) is 0 Å². The Morgan fingerprint density at radius 1 is 1.33 bits per heavy atom. The molecule has 2 aliphatic heterocycles. The summed E-state index contributed by atoms with van der Waals surface area (Å²) < 4.78 is 0. The van der Waals surface area contributed by atoms with Crippen LogP contribution in [-0.2, 0) is 9.59 Å². The maximum atomic E-state index is 12.4. The van der Waals surface area contributed by atoms with E-state index in [2.05, 4.69) is 10.7 Å². The molecule has 0 aromatic heterocycles. The van der Waals surface area contributed by atoms with Crippen LogP contribution in [0.5, 0.6) is 0 Å². The molecule has 2 heterocycles. The summed E-state index contributed by atoms with van der Waals surface area (Å²) in [6.07, 6.45) is 1.19. The van der Waals surface area contributed by atoms with Crippen LogP contribution in [0.1, 0.15) is 24.3 Å². The number of hydrogen-bond acceptors (Lipinski definition) is 3. The molecule has 0 saturated carbocycles. The molecular weight excluding hydrogens is 230 g/mol. The standard InChI is InChI=1S/C13H15N3O2/c17-12-8-10(13(18)16-7-3-6-14-16)9-4-1-2-5-11(9)15-12/h1-2,4-5,10,14H,3,6-8H2,(H,15,17). The Morgan fingerprint density at radius 3 is 2.94 bits per heavy atom. The van der Waals surface area contributed by atoms with Crippen LogP contribution in [0.3, 0.4) is 0 Å². The molecule has 1 fully saturated rings. The Bertz CT molecular complexity index is 495. The first-order chi connectivity index (χ1) is 8.75. The highest BCUT2D eigenvalue weighted by molar-refractivity contribution is 6.01. The number of carbonyl (C=O) groups excluding carboxylic acids is 2. The zero-order chi connectivity index (χ0) is 12.5. The average Bonchev–Trinajstić information content (AvgIpc) is 2.90. The molecule has 5 nitrogen and oxygen atoms in total. The van der Waals surface area contributed by atoms with Crippen LogP contribution < -0.4 is 10.7 Å². The molecule has 0 radical (unpaired) electrons. The molecular formula is C13H15N3O2. The third-order valence-electron chi connectivity index (χ3n) is 3.43. The Morgan fingerprint density at radius 2 is 2.17 bits per heavy atom. The van der Waals surface area contributed by atoms with Crippen LogP contribution in [0.15, 0.2) is 24.3 Å². The van der Waals surface area contributed by atoms with E-state index in [1.54, 1.807) is 5.01 Å². The van der Waals surface area contributed by atoms with Gasteiger partial charge in [0.1, 0.15) is 0 Å². The molecule has 0 bridgehead atoms. The largest absolute Gasteiger partial charge is 0.326 e. The predicted octanol–water partition coefficient (Wildman–Crippen LogP) is 0.849. The molecule has 3 rings (SSSR count). The number of amides is 2. The van der Waals surface area contributed by atoms with E-state index in [0.717, 1.165) is 30.8 Å². The highest BCUT2D eigenvalue weighted by Crippen LogP contribution is 2.33. The summed E-state index contributed by atoms with van der Waals surface area (Å²) in [6.45, 7) is 1.55. The fraction of sp³-hybridized carbons (Fsp3) is 0.385. The minimum atomic E-state index is -0.361. The van der Waals surface area contributed by atoms with Crippen molar-refractivity contribution in [2.75, 3.05) is 18.4 Å². The quantitative estimate of drug-likeness (QED) is 0.771. The average molecular weight is 245 g/mol. The third kappa shape index (κ3) is 1.86. The van der Waals surface area contributed by atoms with Gasteiger partial charge in [-0.05, 0) is 18.1 Å². The van der Waals surface area contributed by atoms with Gasteiger partial charge in [-0.15, -0.1) is 0 Å². The first kappa shape index (κ1) is 11.2. The van der Waals surface area contributed by atoms with Crippen molar-refractivity contribution in [1.82, 2.24) is 10.4 Å². The van der Waals surface area contributed by atoms with Gasteiger partial charge in [-0.25, -0.2) is 5.43 Å². The second-order valence-electron chi connectivity index (χ2n) is 4.64. The van der Waals surface area contributed by atoms with Crippen molar-refractivity contribution < 1.29 is 9.59 Å². The van der Waals surface area contributed by atoms with Crippen LogP contribution in [0.4, 0.5) is 5.69 Å². The van der Waals surface area contributed by atoms with Crippen molar-refractivity contribution in [2.24, 2.45) is 0 Å². The number of carbonyl (C=O) groups is 2. The molecule has 2 N–H and O–H groups in total. The predicted molar refractivity (Wildman–Crippen MR) is 66.8 cm³/mol. The monoisotopic (exact) mass is 245 g/mol. The molecule has 1 atom stereocenters. The maximum Gasteiger partial charge on any atom is 0.244 e. The Kier molecular flexibility index (Phi) is 2.76. The number of fused-ring (bicyclic) bond motifs is 1. The number of hydrogen-bond donors (Lipinski definition) is 2. The van der Waals surface area contributed by atoms with Crippen molar-refractivity contribution in [2.45, 2.75) is 18.8 Å². The summed E-state index contributed by atoms with van der Waals surface area (Å²) in [5.41, 5.74) is 4.72. The molecule has 1 aromatic rings. The van der Waals surface area contributed by atoms with Gasteiger partial charge >= 0.3 is 0 Å². The van der Waals surface area contributed by atoms with Gasteiger partial charge in [0.05, 0.1) is 5.92 Å². The van der Waals surface area contributed by atoms with Gasteiger partial charge in [0.25, 0.3) is 0 Å². The fourth-order valence-corrected chi connectivity index (χ4v) is 2.54. The molecule has 2 amide bonds. The summed E-state index contributed by atoms with van der Waals surface area (Å²) in [6, 6.07) is 7.51. The zero-order valence-electron chi connectivity index (χ0n) is 9.98. The van der Waals surface area contributed by atoms with Gasteiger partial charge in [0, 0.05) is 25.2 Å². The van der Waals surface area contributed by atoms with Crippen LogP contribution in [-0.4, -0.2) is 29.9 Å². The van der Waals surface area contributed by atoms with Gasteiger partial charge in [-0.1, -0.05) is 18.2 Å². The van der Waals surface area contributed by atoms with Gasteiger partial charge in [-0.2, -0.15) is 0 Å². The fourth-order valence-electron chi connectivity index (χ4n) is 2.54. The van der Waals surface area contributed by atoms with Crippen LogP contribution >= 0.6 is 0 Å². The molecule has 18 heavy (non-hydrogen) atoms. The molecule has 0 spiro atoms. The number of anilines is 1. The Balaban J connectivity index is 1.92. The minimum absolute atomic E-state index is 0.00481. The van der Waals surface area contributed by atoms with E-state index in [1.165, 1.54) is 0 Å². The molecule has 1 saturated heterocycles. The second-order valence-corrected chi connectivity index (χ2v) is 4.64. The number of benzene rings is 1. The lowest BCUT2D eigenvalue weighted by Gasteiger charge is -2.28. The van der Waals surface area contributed by atoms with Gasteiger partial charge in [0.15, 0.2) is 0 Å². The summed E-state index contributed by atoms with van der Waals surface area (Å²) in [7, 11) is 0. The summed E-state index contributed by atoms with van der Waals surface area (Å²) in [5.74, 6) is -0.457. The lowest BCUT2D eigenvalue weighted by Crippen LogP contribution is -2.42. The highest BCUT2D eigenvalue weighted by Gasteiger charge is 2.34. The molecule has 0 aliphatic carbocycles. The number of rotatable bonds is 1. The van der Waals surface area contributed by atoms with Crippen molar-refractivity contribution >= 4 is 17.5 Å². The summed E-state index contributed by atoms with van der Waals surface area (Å²) >= 11 is 0. The van der Waals surface area contributed by atoms with Crippen molar-refractivity contribution in [3.63, 3.8) is 0 Å². The first-order valence-corrected chi connectivity index (χ1v) is 6.19. The number of nitrogens with one attached hydrogen (secondary N) is 2. The van der Waals surface area contributed by atoms with Crippen molar-refractivity contribution in [3.05, 3.63) is 29.8 Å². The van der Waals surface area contributed by atoms with Crippen LogP contribution in [0, 0.1) is 0 Å². The van der Waals surface area contributed by atoms with E-state index < -0.39 is 0 Å². The van der Waals surface area contributed by atoms with E-state index in [-0.39, 0.29) is 24.2 Å². The van der Waals surface area contributed by atoms with Gasteiger partial charge < -0.3 is 5.32 Å². The molecule has 1 aromatic carbocycles. The van der Waals surface area contributed by atoms with E-state index in [1.807, 2.05) is 24.3 Å². The lowest BCUT2D eigenvalue weighted by atomic mass is 9.89. The Hall–Kier alpha value is -1.88. The maximum absolute atomic E-state index is 12.4. The Labute approximate surface area is 105 Å². The SMILES string of the molecule is O=C1CC(C(=O)N2CCCN2)c2ccccc2N1. The first-order valence-electron chi connectivity index (χ1n) is 6.19. The lowest BCUT2D eigenvalue weighted by molar-refractivity contribution is -0.136. The summed E-state index contributed by atoms with van der Waals surface area (Å²) in [5, 5.41) is 4.44.